The van der Waals surface area contributed by atoms with Gasteiger partial charge in [-0.2, -0.15) is 0 Å². The van der Waals surface area contributed by atoms with Gasteiger partial charge in [-0.05, 0) is 36.7 Å². The number of halogens is 3. The molecule has 2 rings (SSSR count). The second-order valence-corrected chi connectivity index (χ2v) is 5.14. The van der Waals surface area contributed by atoms with Crippen LogP contribution in [0.4, 0.5) is 8.78 Å². The summed E-state index contributed by atoms with van der Waals surface area (Å²) < 4.78 is 33.3. The number of likely N-dealkylation sites (N-methyl/N-ethyl adjacent to an activating group) is 1. The minimum absolute atomic E-state index is 0.0613. The third kappa shape index (κ3) is 3.42. The van der Waals surface area contributed by atoms with Gasteiger partial charge >= 0.3 is 0 Å². The Morgan fingerprint density at radius 2 is 2.00 bits per heavy atom. The zero-order valence-electron chi connectivity index (χ0n) is 10.4. The van der Waals surface area contributed by atoms with Crippen molar-refractivity contribution in [3.63, 3.8) is 0 Å². The zero-order chi connectivity index (χ0) is 13.8. The molecule has 0 radical (unpaired) electrons. The number of furan rings is 1. The first-order valence-corrected chi connectivity index (χ1v) is 6.80. The lowest BCUT2D eigenvalue weighted by Crippen LogP contribution is -2.25. The van der Waals surface area contributed by atoms with Crippen LogP contribution in [0.25, 0.3) is 0 Å². The van der Waals surface area contributed by atoms with Gasteiger partial charge in [-0.3, -0.25) is 0 Å². The fraction of sp³-hybridized carbons (Fsp3) is 0.286. The number of hydrogen-bond donors (Lipinski definition) is 1. The van der Waals surface area contributed by atoms with Gasteiger partial charge in [0.05, 0.1) is 12.5 Å². The Morgan fingerprint density at radius 3 is 2.53 bits per heavy atom. The summed E-state index contributed by atoms with van der Waals surface area (Å²) in [7, 11) is 0. The van der Waals surface area contributed by atoms with Crippen LogP contribution < -0.4 is 5.32 Å². The van der Waals surface area contributed by atoms with Gasteiger partial charge in [0, 0.05) is 16.1 Å². The fourth-order valence-electron chi connectivity index (χ4n) is 2.05. The number of benzene rings is 1. The molecule has 0 saturated carbocycles. The van der Waals surface area contributed by atoms with Crippen LogP contribution in [-0.4, -0.2) is 6.54 Å². The maximum absolute atomic E-state index is 14.0. The molecule has 102 valence electrons. The monoisotopic (exact) mass is 329 g/mol. The quantitative estimate of drug-likeness (QED) is 0.888. The maximum Gasteiger partial charge on any atom is 0.132 e. The highest BCUT2D eigenvalue weighted by Gasteiger charge is 2.21. The van der Waals surface area contributed by atoms with E-state index in [2.05, 4.69) is 21.2 Å². The van der Waals surface area contributed by atoms with E-state index in [1.165, 1.54) is 12.1 Å². The van der Waals surface area contributed by atoms with Crippen molar-refractivity contribution in [3.8, 4) is 0 Å². The smallest absolute Gasteiger partial charge is 0.132 e. The van der Waals surface area contributed by atoms with Gasteiger partial charge in [0.2, 0.25) is 0 Å². The molecule has 1 N–H and O–H groups in total. The second kappa shape index (κ2) is 6.30. The SMILES string of the molecule is CCNC(Cc1ccoc1)c1c(F)cc(Br)cc1F. The molecule has 0 aliphatic rings. The Labute approximate surface area is 118 Å². The summed E-state index contributed by atoms with van der Waals surface area (Å²) >= 11 is 3.08. The molecular weight excluding hydrogens is 316 g/mol. The van der Waals surface area contributed by atoms with Crippen LogP contribution in [0.2, 0.25) is 0 Å². The van der Waals surface area contributed by atoms with Crippen LogP contribution in [0.15, 0.2) is 39.6 Å². The molecule has 0 aliphatic carbocycles. The first kappa shape index (κ1) is 14.2. The van der Waals surface area contributed by atoms with Crippen LogP contribution >= 0.6 is 15.9 Å². The Balaban J connectivity index is 2.33. The van der Waals surface area contributed by atoms with Gasteiger partial charge in [-0.25, -0.2) is 8.78 Å². The largest absolute Gasteiger partial charge is 0.472 e. The molecule has 0 spiro atoms. The number of hydrogen-bond acceptors (Lipinski definition) is 2. The lowest BCUT2D eigenvalue weighted by molar-refractivity contribution is 0.470. The third-order valence-electron chi connectivity index (χ3n) is 2.86. The molecule has 2 aromatic rings. The topological polar surface area (TPSA) is 25.2 Å². The predicted octanol–water partition coefficient (Wildman–Crippen LogP) is 4.21. The molecule has 0 saturated heterocycles. The molecule has 0 fully saturated rings. The van der Waals surface area contributed by atoms with Crippen molar-refractivity contribution in [2.45, 2.75) is 19.4 Å². The minimum Gasteiger partial charge on any atom is -0.472 e. The average Bonchev–Trinajstić information content (AvgIpc) is 2.80. The van der Waals surface area contributed by atoms with E-state index in [-0.39, 0.29) is 5.56 Å². The standard InChI is InChI=1S/C14H14BrF2NO/c1-2-18-13(5-9-3-4-19-8-9)14-11(16)6-10(15)7-12(14)17/h3-4,6-8,13,18H,2,5H2,1H3. The molecule has 2 nitrogen and oxygen atoms in total. The Morgan fingerprint density at radius 1 is 1.32 bits per heavy atom. The van der Waals surface area contributed by atoms with Crippen molar-refractivity contribution in [3.05, 3.63) is 58.0 Å². The molecule has 1 atom stereocenters. The van der Waals surface area contributed by atoms with E-state index in [0.29, 0.717) is 17.4 Å². The molecule has 1 heterocycles. The predicted molar refractivity (Wildman–Crippen MR) is 72.9 cm³/mol. The van der Waals surface area contributed by atoms with Crippen molar-refractivity contribution >= 4 is 15.9 Å². The first-order valence-electron chi connectivity index (χ1n) is 6.00. The van der Waals surface area contributed by atoms with Crippen LogP contribution in [0.3, 0.4) is 0 Å². The van der Waals surface area contributed by atoms with Crippen LogP contribution in [0, 0.1) is 11.6 Å². The molecule has 5 heteroatoms. The Hall–Kier alpha value is -1.20. The van der Waals surface area contributed by atoms with Gasteiger partial charge in [0.15, 0.2) is 0 Å². The van der Waals surface area contributed by atoms with E-state index in [1.54, 1.807) is 18.6 Å². The fourth-order valence-corrected chi connectivity index (χ4v) is 2.46. The summed E-state index contributed by atoms with van der Waals surface area (Å²) in [6.45, 7) is 2.52. The van der Waals surface area contributed by atoms with Crippen molar-refractivity contribution < 1.29 is 13.2 Å². The second-order valence-electron chi connectivity index (χ2n) is 4.23. The van der Waals surface area contributed by atoms with Gasteiger partial charge in [-0.15, -0.1) is 0 Å². The van der Waals surface area contributed by atoms with Gasteiger partial charge < -0.3 is 9.73 Å². The molecule has 19 heavy (non-hydrogen) atoms. The highest BCUT2D eigenvalue weighted by Crippen LogP contribution is 2.27. The molecule has 1 aromatic carbocycles. The van der Waals surface area contributed by atoms with E-state index in [4.69, 9.17) is 4.42 Å². The van der Waals surface area contributed by atoms with Crippen LogP contribution in [0.1, 0.15) is 24.1 Å². The van der Waals surface area contributed by atoms with E-state index in [0.717, 1.165) is 5.56 Å². The maximum atomic E-state index is 14.0. The molecule has 0 aliphatic heterocycles. The van der Waals surface area contributed by atoms with Crippen LogP contribution in [-0.2, 0) is 6.42 Å². The van der Waals surface area contributed by atoms with E-state index < -0.39 is 17.7 Å². The molecule has 1 unspecified atom stereocenters. The zero-order valence-corrected chi connectivity index (χ0v) is 12.0. The Kier molecular flexibility index (Phi) is 4.71. The highest BCUT2D eigenvalue weighted by atomic mass is 79.9. The highest BCUT2D eigenvalue weighted by molar-refractivity contribution is 9.10. The summed E-state index contributed by atoms with van der Waals surface area (Å²) in [4.78, 5) is 0. The molecule has 0 bridgehead atoms. The van der Waals surface area contributed by atoms with Crippen molar-refractivity contribution in [1.82, 2.24) is 5.32 Å². The van der Waals surface area contributed by atoms with Gasteiger partial charge in [0.25, 0.3) is 0 Å². The summed E-state index contributed by atoms with van der Waals surface area (Å²) in [5.41, 5.74) is 0.957. The van der Waals surface area contributed by atoms with Gasteiger partial charge in [0.1, 0.15) is 11.6 Å². The third-order valence-corrected chi connectivity index (χ3v) is 3.32. The molecular formula is C14H14BrF2NO. The van der Waals surface area contributed by atoms with Crippen LogP contribution in [0.5, 0.6) is 0 Å². The summed E-state index contributed by atoms with van der Waals surface area (Å²) in [6, 6.07) is 3.92. The molecule has 1 aromatic heterocycles. The van der Waals surface area contributed by atoms with E-state index in [1.807, 2.05) is 6.92 Å². The summed E-state index contributed by atoms with van der Waals surface area (Å²) in [5, 5.41) is 3.10. The summed E-state index contributed by atoms with van der Waals surface area (Å²) in [5.74, 6) is -1.11. The molecule has 0 amide bonds. The number of nitrogens with one attached hydrogen (secondary N) is 1. The Bertz CT molecular complexity index is 519. The first-order chi connectivity index (χ1) is 9.11. The van der Waals surface area contributed by atoms with Crippen molar-refractivity contribution in [1.29, 1.82) is 0 Å². The lowest BCUT2D eigenvalue weighted by Gasteiger charge is -2.19. The normalized spacial score (nSPS) is 12.6. The van der Waals surface area contributed by atoms with E-state index in [9.17, 15) is 8.78 Å². The summed E-state index contributed by atoms with van der Waals surface area (Å²) in [6.07, 6.45) is 3.60. The minimum atomic E-state index is -0.554. The van der Waals surface area contributed by atoms with Crippen molar-refractivity contribution in [2.24, 2.45) is 0 Å². The van der Waals surface area contributed by atoms with Gasteiger partial charge in [-0.1, -0.05) is 22.9 Å². The van der Waals surface area contributed by atoms with Crippen molar-refractivity contribution in [2.75, 3.05) is 6.54 Å². The average molecular weight is 330 g/mol. The number of rotatable bonds is 5. The lowest BCUT2D eigenvalue weighted by atomic mass is 9.99. The van der Waals surface area contributed by atoms with E-state index >= 15 is 0 Å².